The van der Waals surface area contributed by atoms with E-state index >= 15 is 0 Å². The van der Waals surface area contributed by atoms with Gasteiger partial charge in [0.05, 0.1) is 0 Å². The Morgan fingerprint density at radius 3 is 2.42 bits per heavy atom. The van der Waals surface area contributed by atoms with Crippen LogP contribution in [-0.2, 0) is 9.53 Å². The first-order valence-electron chi connectivity index (χ1n) is 8.83. The molecule has 0 aliphatic heterocycles. The summed E-state index contributed by atoms with van der Waals surface area (Å²) in [5.41, 5.74) is 8.06. The van der Waals surface area contributed by atoms with E-state index in [4.69, 9.17) is 10.5 Å². The molecule has 4 nitrogen and oxygen atoms in total. The van der Waals surface area contributed by atoms with Gasteiger partial charge in [-0.25, -0.2) is 0 Å². The van der Waals surface area contributed by atoms with E-state index in [9.17, 15) is 4.79 Å². The summed E-state index contributed by atoms with van der Waals surface area (Å²) in [6.07, 6.45) is 3.94. The lowest BCUT2D eigenvalue weighted by Crippen LogP contribution is -2.43. The zero-order valence-electron chi connectivity index (χ0n) is 15.4. The number of nitrogens with one attached hydrogen (secondary N) is 1. The Morgan fingerprint density at radius 1 is 1.21 bits per heavy atom. The van der Waals surface area contributed by atoms with E-state index < -0.39 is 11.6 Å². The number of H-pyrrole nitrogens is 1. The van der Waals surface area contributed by atoms with Gasteiger partial charge >= 0.3 is 5.97 Å². The molecule has 2 aromatic rings. The molecule has 2 rings (SSSR count). The summed E-state index contributed by atoms with van der Waals surface area (Å²) >= 11 is 0. The second-order valence-corrected chi connectivity index (χ2v) is 7.45. The molecule has 4 heteroatoms. The Kier molecular flexibility index (Phi) is 5.70. The van der Waals surface area contributed by atoms with Gasteiger partial charge in [-0.05, 0) is 38.3 Å². The maximum atomic E-state index is 12.6. The summed E-state index contributed by atoms with van der Waals surface area (Å²) in [4.78, 5) is 15.9. The third-order valence-corrected chi connectivity index (χ3v) is 4.60. The second kappa shape index (κ2) is 7.39. The molecule has 132 valence electrons. The number of carbonyl (C=O) groups is 1. The van der Waals surface area contributed by atoms with Crippen LogP contribution in [0.25, 0.3) is 10.9 Å². The van der Waals surface area contributed by atoms with Crippen LogP contribution in [-0.4, -0.2) is 22.6 Å². The zero-order chi connectivity index (χ0) is 17.9. The molecule has 0 unspecified atom stereocenters. The first kappa shape index (κ1) is 18.5. The Bertz CT molecular complexity index is 680. The average molecular weight is 330 g/mol. The molecular formula is C20H30N2O2. The van der Waals surface area contributed by atoms with Crippen molar-refractivity contribution in [1.29, 1.82) is 0 Å². The monoisotopic (exact) mass is 330 g/mol. The summed E-state index contributed by atoms with van der Waals surface area (Å²) < 4.78 is 5.56. The third kappa shape index (κ3) is 3.99. The van der Waals surface area contributed by atoms with Crippen LogP contribution < -0.4 is 5.73 Å². The van der Waals surface area contributed by atoms with Gasteiger partial charge in [-0.1, -0.05) is 44.9 Å². The van der Waals surface area contributed by atoms with Crippen molar-refractivity contribution in [3.63, 3.8) is 0 Å². The number of hydrogen-bond donors (Lipinski definition) is 2. The van der Waals surface area contributed by atoms with Crippen molar-refractivity contribution in [3.8, 4) is 0 Å². The number of aromatic amines is 1. The van der Waals surface area contributed by atoms with Crippen LogP contribution in [0.1, 0.15) is 58.9 Å². The van der Waals surface area contributed by atoms with Gasteiger partial charge in [-0.2, -0.15) is 0 Å². The zero-order valence-corrected chi connectivity index (χ0v) is 15.4. The Balaban J connectivity index is 2.43. The van der Waals surface area contributed by atoms with Gasteiger partial charge < -0.3 is 15.5 Å². The molecule has 0 spiro atoms. The molecule has 24 heavy (non-hydrogen) atoms. The minimum Gasteiger partial charge on any atom is -0.459 e. The molecule has 1 heterocycles. The van der Waals surface area contributed by atoms with E-state index in [0.29, 0.717) is 5.92 Å². The van der Waals surface area contributed by atoms with Gasteiger partial charge in [0.15, 0.2) is 0 Å². The summed E-state index contributed by atoms with van der Waals surface area (Å²) in [7, 11) is 0. The molecule has 0 aliphatic carbocycles. The molecule has 0 bridgehead atoms. The highest BCUT2D eigenvalue weighted by Gasteiger charge is 2.35. The minimum atomic E-state index is -0.673. The number of benzene rings is 1. The van der Waals surface area contributed by atoms with Gasteiger partial charge in [-0.3, -0.25) is 4.79 Å². The summed E-state index contributed by atoms with van der Waals surface area (Å²) in [5, 5.41) is 1.13. The van der Waals surface area contributed by atoms with Crippen LogP contribution >= 0.6 is 0 Å². The Hall–Kier alpha value is -1.81. The average Bonchev–Trinajstić information content (AvgIpc) is 2.94. The van der Waals surface area contributed by atoms with Crippen molar-refractivity contribution in [3.05, 3.63) is 36.0 Å². The smallest absolute Gasteiger partial charge is 0.324 e. The Labute approximate surface area is 144 Å². The number of para-hydroxylation sites is 1. The molecule has 0 saturated heterocycles. The maximum absolute atomic E-state index is 12.6. The topological polar surface area (TPSA) is 68.1 Å². The predicted octanol–water partition coefficient (Wildman–Crippen LogP) is 4.36. The molecule has 1 aromatic carbocycles. The van der Waals surface area contributed by atoms with Crippen LogP contribution in [0.2, 0.25) is 0 Å². The third-order valence-electron chi connectivity index (χ3n) is 4.60. The highest BCUT2D eigenvalue weighted by atomic mass is 16.6. The van der Waals surface area contributed by atoms with Crippen molar-refractivity contribution >= 4 is 16.9 Å². The van der Waals surface area contributed by atoms with E-state index in [1.807, 2.05) is 45.2 Å². The van der Waals surface area contributed by atoms with Crippen molar-refractivity contribution < 1.29 is 9.53 Å². The number of ether oxygens (including phenoxy) is 1. The number of fused-ring (bicyclic) bond motifs is 1. The lowest BCUT2D eigenvalue weighted by atomic mass is 9.78. The van der Waals surface area contributed by atoms with Gasteiger partial charge in [0.2, 0.25) is 0 Å². The molecule has 3 N–H and O–H groups in total. The molecular weight excluding hydrogens is 300 g/mol. The van der Waals surface area contributed by atoms with E-state index in [1.165, 1.54) is 0 Å². The predicted molar refractivity (Wildman–Crippen MR) is 98.9 cm³/mol. The molecule has 0 saturated carbocycles. The first-order chi connectivity index (χ1) is 11.3. The fourth-order valence-electron chi connectivity index (χ4n) is 3.42. The number of hydrogen-bond acceptors (Lipinski definition) is 3. The summed E-state index contributed by atoms with van der Waals surface area (Å²) in [5.74, 6) is -0.0672. The quantitative estimate of drug-likeness (QED) is 0.773. The van der Waals surface area contributed by atoms with E-state index in [-0.39, 0.29) is 11.9 Å². The maximum Gasteiger partial charge on any atom is 0.324 e. The molecule has 2 atom stereocenters. The standard InChI is InChI=1S/C20H30N2O2/c1-6-13(7-2)17(18(21)19(23)24-20(3,4)5)15-12-22-16-11-9-8-10-14(15)16/h8-13,17-18,22H,6-7,21H2,1-5H3/t17-,18-/m0/s1. The molecule has 0 aliphatic rings. The normalized spacial score (nSPS) is 14.8. The van der Waals surface area contributed by atoms with Crippen LogP contribution in [0, 0.1) is 5.92 Å². The van der Waals surface area contributed by atoms with Crippen molar-refractivity contribution in [2.45, 2.75) is 65.0 Å². The van der Waals surface area contributed by atoms with Crippen LogP contribution in [0.4, 0.5) is 0 Å². The van der Waals surface area contributed by atoms with E-state index in [2.05, 4.69) is 24.9 Å². The SMILES string of the molecule is CCC(CC)[C@@H](c1c[nH]c2ccccc12)[C@H](N)C(=O)OC(C)(C)C. The van der Waals surface area contributed by atoms with Crippen LogP contribution in [0.3, 0.4) is 0 Å². The van der Waals surface area contributed by atoms with Gasteiger partial charge in [-0.15, -0.1) is 0 Å². The lowest BCUT2D eigenvalue weighted by Gasteiger charge is -2.31. The highest BCUT2D eigenvalue weighted by Crippen LogP contribution is 2.36. The van der Waals surface area contributed by atoms with Crippen molar-refractivity contribution in [2.24, 2.45) is 11.7 Å². The van der Waals surface area contributed by atoms with Gasteiger partial charge in [0.1, 0.15) is 11.6 Å². The van der Waals surface area contributed by atoms with E-state index in [1.54, 1.807) is 0 Å². The van der Waals surface area contributed by atoms with Crippen molar-refractivity contribution in [2.75, 3.05) is 0 Å². The number of esters is 1. The van der Waals surface area contributed by atoms with E-state index in [0.717, 1.165) is 29.3 Å². The molecule has 0 amide bonds. The van der Waals surface area contributed by atoms with Crippen LogP contribution in [0.5, 0.6) is 0 Å². The molecule has 0 fully saturated rings. The molecule has 1 aromatic heterocycles. The fourth-order valence-corrected chi connectivity index (χ4v) is 3.42. The number of carbonyl (C=O) groups excluding carboxylic acids is 1. The number of nitrogens with two attached hydrogens (primary N) is 1. The fraction of sp³-hybridized carbons (Fsp3) is 0.550. The lowest BCUT2D eigenvalue weighted by molar-refractivity contribution is -0.157. The largest absolute Gasteiger partial charge is 0.459 e. The van der Waals surface area contributed by atoms with Gasteiger partial charge in [0, 0.05) is 23.0 Å². The Morgan fingerprint density at radius 2 is 1.83 bits per heavy atom. The second-order valence-electron chi connectivity index (χ2n) is 7.45. The minimum absolute atomic E-state index is 0.0639. The van der Waals surface area contributed by atoms with Crippen LogP contribution in [0.15, 0.2) is 30.5 Å². The first-order valence-corrected chi connectivity index (χ1v) is 8.83. The summed E-state index contributed by atoms with van der Waals surface area (Å²) in [6, 6.07) is 7.47. The molecule has 0 radical (unpaired) electrons. The van der Waals surface area contributed by atoms with Gasteiger partial charge in [0.25, 0.3) is 0 Å². The highest BCUT2D eigenvalue weighted by molar-refractivity contribution is 5.85. The number of aromatic nitrogens is 1. The number of rotatable bonds is 6. The van der Waals surface area contributed by atoms with Crippen molar-refractivity contribution in [1.82, 2.24) is 4.98 Å². The summed E-state index contributed by atoms with van der Waals surface area (Å²) in [6.45, 7) is 9.91.